The zero-order valence-electron chi connectivity index (χ0n) is 13.8. The molecule has 1 aliphatic rings. The number of hydrogen-bond donors (Lipinski definition) is 0. The molecule has 1 amide bonds. The molecule has 0 saturated carbocycles. The van der Waals surface area contributed by atoms with Gasteiger partial charge < -0.3 is 9.80 Å². The molecule has 1 fully saturated rings. The number of rotatable bonds is 4. The van der Waals surface area contributed by atoms with E-state index in [2.05, 4.69) is 48.0 Å². The van der Waals surface area contributed by atoms with E-state index < -0.39 is 0 Å². The van der Waals surface area contributed by atoms with Crippen LogP contribution < -0.4 is 4.90 Å². The Kier molecular flexibility index (Phi) is 4.60. The van der Waals surface area contributed by atoms with Crippen LogP contribution in [0.2, 0.25) is 0 Å². The largest absolute Gasteiger partial charge is 0.340 e. The molecule has 0 atom stereocenters. The highest BCUT2D eigenvalue weighted by atomic mass is 16.2. The highest BCUT2D eigenvalue weighted by Crippen LogP contribution is 2.26. The topological polar surface area (TPSA) is 36.4 Å². The molecule has 1 saturated heterocycles. The Balaban J connectivity index is 1.89. The first kappa shape index (κ1) is 15.5. The summed E-state index contributed by atoms with van der Waals surface area (Å²) in [6.45, 7) is 6.74. The van der Waals surface area contributed by atoms with Crippen LogP contribution in [0.5, 0.6) is 0 Å². The van der Waals surface area contributed by atoms with Gasteiger partial charge in [-0.25, -0.2) is 0 Å². The zero-order valence-corrected chi connectivity index (χ0v) is 13.8. The molecule has 0 bridgehead atoms. The summed E-state index contributed by atoms with van der Waals surface area (Å²) >= 11 is 0. The lowest BCUT2D eigenvalue weighted by molar-refractivity contribution is 0.0792. The van der Waals surface area contributed by atoms with E-state index in [1.807, 2.05) is 17.2 Å². The Morgan fingerprint density at radius 2 is 1.96 bits per heavy atom. The van der Waals surface area contributed by atoms with Crippen molar-refractivity contribution in [1.82, 2.24) is 9.88 Å². The van der Waals surface area contributed by atoms with Crippen LogP contribution in [-0.2, 0) is 0 Å². The third-order valence-corrected chi connectivity index (χ3v) is 4.31. The molecule has 1 aliphatic heterocycles. The van der Waals surface area contributed by atoms with Crippen LogP contribution in [0.25, 0.3) is 0 Å². The van der Waals surface area contributed by atoms with E-state index in [1.54, 1.807) is 6.20 Å². The average molecular weight is 309 g/mol. The van der Waals surface area contributed by atoms with Crippen LogP contribution in [0.15, 0.2) is 42.7 Å². The number of aromatic nitrogens is 1. The Labute approximate surface area is 137 Å². The van der Waals surface area contributed by atoms with E-state index in [-0.39, 0.29) is 5.91 Å². The van der Waals surface area contributed by atoms with Gasteiger partial charge in [-0.05, 0) is 50.5 Å². The van der Waals surface area contributed by atoms with E-state index >= 15 is 0 Å². The third-order valence-electron chi connectivity index (χ3n) is 4.31. The summed E-state index contributed by atoms with van der Waals surface area (Å²) in [6.07, 6.45) is 5.70. The molecule has 3 rings (SSSR count). The first-order chi connectivity index (χ1) is 11.2. The van der Waals surface area contributed by atoms with Gasteiger partial charge in [0.15, 0.2) is 0 Å². The molecule has 1 aromatic heterocycles. The fourth-order valence-electron chi connectivity index (χ4n) is 3.11. The summed E-state index contributed by atoms with van der Waals surface area (Å²) in [7, 11) is 0. The Morgan fingerprint density at radius 3 is 2.65 bits per heavy atom. The number of benzene rings is 1. The predicted octanol–water partition coefficient (Wildman–Crippen LogP) is 3.78. The third kappa shape index (κ3) is 3.36. The van der Waals surface area contributed by atoms with Gasteiger partial charge >= 0.3 is 0 Å². The molecular weight excluding hydrogens is 286 g/mol. The van der Waals surface area contributed by atoms with Gasteiger partial charge in [0, 0.05) is 31.5 Å². The van der Waals surface area contributed by atoms with E-state index in [0.29, 0.717) is 5.56 Å². The van der Waals surface area contributed by atoms with Crippen LogP contribution in [0.1, 0.15) is 35.7 Å². The summed E-state index contributed by atoms with van der Waals surface area (Å²) in [5.41, 5.74) is 3.98. The Bertz CT molecular complexity index is 693. The summed E-state index contributed by atoms with van der Waals surface area (Å²) in [6, 6.07) is 10.3. The van der Waals surface area contributed by atoms with E-state index in [1.165, 1.54) is 5.56 Å². The van der Waals surface area contributed by atoms with Gasteiger partial charge in [-0.3, -0.25) is 9.78 Å². The lowest BCUT2D eigenvalue weighted by atomic mass is 10.1. The fraction of sp³-hybridized carbons (Fsp3) is 0.368. The number of likely N-dealkylation sites (tertiary alicyclic amines) is 1. The molecule has 120 valence electrons. The second-order valence-electron chi connectivity index (χ2n) is 6.01. The van der Waals surface area contributed by atoms with Crippen molar-refractivity contribution < 1.29 is 4.79 Å². The molecule has 23 heavy (non-hydrogen) atoms. The van der Waals surface area contributed by atoms with Crippen LogP contribution in [0.4, 0.5) is 11.4 Å². The van der Waals surface area contributed by atoms with Gasteiger partial charge in [-0.2, -0.15) is 0 Å². The number of amides is 1. The standard InChI is InChI=1S/C19H23N3O/c1-3-22(17-8-6-7-15(2)11-17)18-12-16(13-20-14-18)19(23)21-9-4-5-10-21/h6-8,11-14H,3-5,9-10H2,1-2H3. The molecule has 1 aromatic carbocycles. The van der Waals surface area contributed by atoms with Crippen LogP contribution in [0.3, 0.4) is 0 Å². The Hall–Kier alpha value is -2.36. The van der Waals surface area contributed by atoms with Crippen molar-refractivity contribution in [2.24, 2.45) is 0 Å². The fourth-order valence-corrected chi connectivity index (χ4v) is 3.11. The molecule has 2 aromatic rings. The maximum absolute atomic E-state index is 12.6. The number of carbonyl (C=O) groups excluding carboxylic acids is 1. The van der Waals surface area contributed by atoms with E-state index in [0.717, 1.165) is 43.9 Å². The minimum absolute atomic E-state index is 0.0946. The normalized spacial score (nSPS) is 14.1. The zero-order chi connectivity index (χ0) is 16.2. The minimum Gasteiger partial charge on any atom is -0.340 e. The molecule has 4 nitrogen and oxygen atoms in total. The average Bonchev–Trinajstić information content (AvgIpc) is 3.10. The van der Waals surface area contributed by atoms with Gasteiger partial charge in [0.25, 0.3) is 5.91 Å². The second kappa shape index (κ2) is 6.82. The van der Waals surface area contributed by atoms with Crippen LogP contribution in [-0.4, -0.2) is 35.4 Å². The molecule has 0 aliphatic carbocycles. The highest BCUT2D eigenvalue weighted by molar-refractivity contribution is 5.95. The van der Waals surface area contributed by atoms with Gasteiger partial charge in [0.05, 0.1) is 17.4 Å². The number of hydrogen-bond acceptors (Lipinski definition) is 3. The second-order valence-corrected chi connectivity index (χ2v) is 6.01. The monoisotopic (exact) mass is 309 g/mol. The number of anilines is 2. The van der Waals surface area contributed by atoms with Crippen molar-refractivity contribution in [2.45, 2.75) is 26.7 Å². The minimum atomic E-state index is 0.0946. The molecule has 0 spiro atoms. The Morgan fingerprint density at radius 1 is 1.17 bits per heavy atom. The van der Waals surface area contributed by atoms with Crippen molar-refractivity contribution in [2.75, 3.05) is 24.5 Å². The predicted molar refractivity (Wildman–Crippen MR) is 93.2 cm³/mol. The van der Waals surface area contributed by atoms with Crippen LogP contribution in [0, 0.1) is 6.92 Å². The summed E-state index contributed by atoms with van der Waals surface area (Å²) < 4.78 is 0. The SMILES string of the molecule is CCN(c1cccc(C)c1)c1cncc(C(=O)N2CCCC2)c1. The summed E-state index contributed by atoms with van der Waals surface area (Å²) in [5, 5.41) is 0. The first-order valence-electron chi connectivity index (χ1n) is 8.27. The molecule has 4 heteroatoms. The first-order valence-corrected chi connectivity index (χ1v) is 8.27. The number of aryl methyl sites for hydroxylation is 1. The molecular formula is C19H23N3O. The highest BCUT2D eigenvalue weighted by Gasteiger charge is 2.20. The van der Waals surface area contributed by atoms with Gasteiger partial charge in [-0.15, -0.1) is 0 Å². The van der Waals surface area contributed by atoms with Crippen LogP contribution >= 0.6 is 0 Å². The number of pyridine rings is 1. The van der Waals surface area contributed by atoms with Crippen molar-refractivity contribution in [3.8, 4) is 0 Å². The maximum atomic E-state index is 12.6. The maximum Gasteiger partial charge on any atom is 0.255 e. The van der Waals surface area contributed by atoms with Crippen molar-refractivity contribution >= 4 is 17.3 Å². The smallest absolute Gasteiger partial charge is 0.255 e. The molecule has 0 unspecified atom stereocenters. The lowest BCUT2D eigenvalue weighted by Gasteiger charge is -2.24. The number of nitrogens with zero attached hydrogens (tertiary/aromatic N) is 3. The quantitative estimate of drug-likeness (QED) is 0.862. The molecule has 2 heterocycles. The lowest BCUT2D eigenvalue weighted by Crippen LogP contribution is -2.28. The van der Waals surface area contributed by atoms with E-state index in [4.69, 9.17) is 0 Å². The molecule has 0 radical (unpaired) electrons. The van der Waals surface area contributed by atoms with Crippen molar-refractivity contribution in [3.05, 3.63) is 53.9 Å². The van der Waals surface area contributed by atoms with Crippen molar-refractivity contribution in [1.29, 1.82) is 0 Å². The summed E-state index contributed by atoms with van der Waals surface area (Å²) in [5.74, 6) is 0.0946. The molecule has 0 N–H and O–H groups in total. The van der Waals surface area contributed by atoms with Gasteiger partial charge in [-0.1, -0.05) is 12.1 Å². The van der Waals surface area contributed by atoms with Gasteiger partial charge in [0.1, 0.15) is 0 Å². The van der Waals surface area contributed by atoms with E-state index in [9.17, 15) is 4.79 Å². The van der Waals surface area contributed by atoms with Crippen molar-refractivity contribution in [3.63, 3.8) is 0 Å². The summed E-state index contributed by atoms with van der Waals surface area (Å²) in [4.78, 5) is 21.0. The number of carbonyl (C=O) groups is 1. The van der Waals surface area contributed by atoms with Gasteiger partial charge in [0.2, 0.25) is 0 Å².